The van der Waals surface area contributed by atoms with E-state index in [-0.39, 0.29) is 5.92 Å². The van der Waals surface area contributed by atoms with Gasteiger partial charge in [-0.05, 0) is 30.4 Å². The third-order valence-electron chi connectivity index (χ3n) is 4.78. The van der Waals surface area contributed by atoms with Crippen LogP contribution in [0.1, 0.15) is 56.1 Å². The molecular formula is C16H20F3NO. The summed E-state index contributed by atoms with van der Waals surface area (Å²) < 4.78 is 38.5. The SMILES string of the molecule is C[C@H](c1cccc(C(F)(F)F)c1)C1(C(N)=O)CCCCC1. The van der Waals surface area contributed by atoms with Crippen molar-refractivity contribution in [2.75, 3.05) is 0 Å². The van der Waals surface area contributed by atoms with Crippen molar-refractivity contribution in [1.29, 1.82) is 0 Å². The van der Waals surface area contributed by atoms with Gasteiger partial charge in [0.25, 0.3) is 0 Å². The number of nitrogens with two attached hydrogens (primary N) is 1. The molecule has 0 radical (unpaired) electrons. The summed E-state index contributed by atoms with van der Waals surface area (Å²) in [6.07, 6.45) is -0.232. The minimum atomic E-state index is -4.37. The second kappa shape index (κ2) is 5.70. The van der Waals surface area contributed by atoms with Gasteiger partial charge in [0.05, 0.1) is 11.0 Å². The quantitative estimate of drug-likeness (QED) is 0.891. The van der Waals surface area contributed by atoms with Crippen molar-refractivity contribution >= 4 is 5.91 Å². The van der Waals surface area contributed by atoms with Crippen LogP contribution in [-0.4, -0.2) is 5.91 Å². The maximum atomic E-state index is 12.8. The van der Waals surface area contributed by atoms with E-state index < -0.39 is 23.1 Å². The Balaban J connectivity index is 2.37. The first-order chi connectivity index (χ1) is 9.77. The molecule has 0 heterocycles. The molecule has 1 saturated carbocycles. The molecule has 5 heteroatoms. The Bertz CT molecular complexity index is 518. The zero-order chi connectivity index (χ0) is 15.7. The topological polar surface area (TPSA) is 43.1 Å². The summed E-state index contributed by atoms with van der Waals surface area (Å²) in [5.41, 5.74) is 4.74. The lowest BCUT2D eigenvalue weighted by atomic mass is 9.64. The molecular weight excluding hydrogens is 279 g/mol. The van der Waals surface area contributed by atoms with Crippen molar-refractivity contribution in [3.63, 3.8) is 0 Å². The smallest absolute Gasteiger partial charge is 0.369 e. The third-order valence-corrected chi connectivity index (χ3v) is 4.78. The highest BCUT2D eigenvalue weighted by Crippen LogP contribution is 2.47. The standard InChI is InChI=1S/C16H20F3NO/c1-11(15(14(20)21)8-3-2-4-9-15)12-6-5-7-13(10-12)16(17,18)19/h5-7,10-11H,2-4,8-9H2,1H3,(H2,20,21)/t11-/m1/s1. The molecule has 1 fully saturated rings. The van der Waals surface area contributed by atoms with Crippen LogP contribution in [0.15, 0.2) is 24.3 Å². The monoisotopic (exact) mass is 299 g/mol. The Kier molecular flexibility index (Phi) is 4.30. The highest BCUT2D eigenvalue weighted by molar-refractivity contribution is 5.82. The minimum absolute atomic E-state index is 0.308. The summed E-state index contributed by atoms with van der Waals surface area (Å²) in [6, 6.07) is 5.24. The molecule has 0 aromatic heterocycles. The van der Waals surface area contributed by atoms with Crippen molar-refractivity contribution in [3.8, 4) is 0 Å². The van der Waals surface area contributed by atoms with E-state index in [0.29, 0.717) is 18.4 Å². The Morgan fingerprint density at radius 2 is 1.86 bits per heavy atom. The van der Waals surface area contributed by atoms with Gasteiger partial charge >= 0.3 is 6.18 Å². The number of carbonyl (C=O) groups excluding carboxylic acids is 1. The van der Waals surface area contributed by atoms with E-state index in [0.717, 1.165) is 31.4 Å². The first-order valence-electron chi connectivity index (χ1n) is 7.24. The molecule has 1 aromatic carbocycles. The van der Waals surface area contributed by atoms with Crippen molar-refractivity contribution in [2.24, 2.45) is 11.1 Å². The third kappa shape index (κ3) is 3.06. The summed E-state index contributed by atoms with van der Waals surface area (Å²) >= 11 is 0. The fraction of sp³-hybridized carbons (Fsp3) is 0.562. The fourth-order valence-corrected chi connectivity index (χ4v) is 3.38. The highest BCUT2D eigenvalue weighted by Gasteiger charge is 2.43. The Morgan fingerprint density at radius 1 is 1.24 bits per heavy atom. The van der Waals surface area contributed by atoms with Crippen molar-refractivity contribution in [3.05, 3.63) is 35.4 Å². The Morgan fingerprint density at radius 3 is 2.38 bits per heavy atom. The molecule has 1 aromatic rings. The first-order valence-corrected chi connectivity index (χ1v) is 7.24. The van der Waals surface area contributed by atoms with Gasteiger partial charge in [-0.25, -0.2) is 0 Å². The van der Waals surface area contributed by atoms with Crippen LogP contribution in [0.5, 0.6) is 0 Å². The number of carbonyl (C=O) groups is 1. The number of rotatable bonds is 3. The lowest BCUT2D eigenvalue weighted by Gasteiger charge is -2.39. The van der Waals surface area contributed by atoms with E-state index in [1.807, 2.05) is 6.92 Å². The van der Waals surface area contributed by atoms with Gasteiger partial charge < -0.3 is 5.73 Å². The number of primary amides is 1. The summed E-state index contributed by atoms with van der Waals surface area (Å²) in [5, 5.41) is 0. The number of hydrogen-bond acceptors (Lipinski definition) is 1. The number of halogens is 3. The van der Waals surface area contributed by atoms with Crippen LogP contribution in [0.25, 0.3) is 0 Å². The largest absolute Gasteiger partial charge is 0.416 e. The van der Waals surface area contributed by atoms with Crippen LogP contribution in [0.4, 0.5) is 13.2 Å². The van der Waals surface area contributed by atoms with Gasteiger partial charge in [-0.3, -0.25) is 4.79 Å². The van der Waals surface area contributed by atoms with Gasteiger partial charge in [-0.1, -0.05) is 44.4 Å². The van der Waals surface area contributed by atoms with Gasteiger partial charge in [0.15, 0.2) is 0 Å². The zero-order valence-corrected chi connectivity index (χ0v) is 12.0. The molecule has 116 valence electrons. The molecule has 21 heavy (non-hydrogen) atoms. The van der Waals surface area contributed by atoms with E-state index in [1.165, 1.54) is 6.07 Å². The van der Waals surface area contributed by atoms with Gasteiger partial charge in [0.2, 0.25) is 5.91 Å². The molecule has 0 aliphatic heterocycles. The molecule has 2 rings (SSSR count). The molecule has 0 saturated heterocycles. The Labute approximate surface area is 122 Å². The van der Waals surface area contributed by atoms with Crippen LogP contribution < -0.4 is 5.73 Å². The van der Waals surface area contributed by atoms with Gasteiger partial charge in [-0.15, -0.1) is 0 Å². The second-order valence-electron chi connectivity index (χ2n) is 5.93. The highest BCUT2D eigenvalue weighted by atomic mass is 19.4. The number of alkyl halides is 3. The second-order valence-corrected chi connectivity index (χ2v) is 5.93. The number of benzene rings is 1. The van der Waals surface area contributed by atoms with E-state index in [2.05, 4.69) is 0 Å². The van der Waals surface area contributed by atoms with Crippen molar-refractivity contribution < 1.29 is 18.0 Å². The summed E-state index contributed by atoms with van der Waals surface area (Å²) in [4.78, 5) is 12.0. The summed E-state index contributed by atoms with van der Waals surface area (Å²) in [5.74, 6) is -0.704. The molecule has 0 bridgehead atoms. The van der Waals surface area contributed by atoms with Crippen LogP contribution in [0.2, 0.25) is 0 Å². The zero-order valence-electron chi connectivity index (χ0n) is 12.0. The lowest BCUT2D eigenvalue weighted by Crippen LogP contribution is -2.42. The van der Waals surface area contributed by atoms with Crippen molar-refractivity contribution in [2.45, 2.75) is 51.1 Å². The summed E-state index contributed by atoms with van der Waals surface area (Å²) in [6.45, 7) is 1.81. The number of amides is 1. The molecule has 1 amide bonds. The normalized spacial score (nSPS) is 20.0. The van der Waals surface area contributed by atoms with Gasteiger partial charge in [-0.2, -0.15) is 13.2 Å². The molecule has 0 spiro atoms. The molecule has 1 aliphatic carbocycles. The maximum absolute atomic E-state index is 12.8. The van der Waals surface area contributed by atoms with Crippen LogP contribution in [-0.2, 0) is 11.0 Å². The van der Waals surface area contributed by atoms with Crippen LogP contribution in [0, 0.1) is 5.41 Å². The first kappa shape index (κ1) is 15.9. The van der Waals surface area contributed by atoms with E-state index >= 15 is 0 Å². The summed E-state index contributed by atoms with van der Waals surface area (Å²) in [7, 11) is 0. The average molecular weight is 299 g/mol. The van der Waals surface area contributed by atoms with Gasteiger partial charge in [0, 0.05) is 0 Å². The van der Waals surface area contributed by atoms with Gasteiger partial charge in [0.1, 0.15) is 0 Å². The molecule has 0 unspecified atom stereocenters. The minimum Gasteiger partial charge on any atom is -0.369 e. The molecule has 1 atom stereocenters. The molecule has 2 N–H and O–H groups in total. The average Bonchev–Trinajstić information content (AvgIpc) is 2.46. The van der Waals surface area contributed by atoms with E-state index in [4.69, 9.17) is 5.73 Å². The predicted molar refractivity (Wildman–Crippen MR) is 74.6 cm³/mol. The lowest BCUT2D eigenvalue weighted by molar-refractivity contribution is -0.137. The predicted octanol–water partition coefficient (Wildman–Crippen LogP) is 4.24. The fourth-order valence-electron chi connectivity index (χ4n) is 3.38. The molecule has 1 aliphatic rings. The van der Waals surface area contributed by atoms with E-state index in [1.54, 1.807) is 6.07 Å². The maximum Gasteiger partial charge on any atom is 0.416 e. The van der Waals surface area contributed by atoms with Crippen molar-refractivity contribution in [1.82, 2.24) is 0 Å². The Hall–Kier alpha value is -1.52. The number of hydrogen-bond donors (Lipinski definition) is 1. The van der Waals surface area contributed by atoms with Crippen LogP contribution >= 0.6 is 0 Å². The van der Waals surface area contributed by atoms with Crippen LogP contribution in [0.3, 0.4) is 0 Å². The van der Waals surface area contributed by atoms with E-state index in [9.17, 15) is 18.0 Å². The molecule has 2 nitrogen and oxygen atoms in total.